The van der Waals surface area contributed by atoms with Crippen LogP contribution in [0.5, 0.6) is 5.75 Å². The van der Waals surface area contributed by atoms with Crippen LogP contribution in [0.1, 0.15) is 16.7 Å². The molecule has 146 valence electrons. The number of amides is 1. The lowest BCUT2D eigenvalue weighted by molar-refractivity contribution is -0.127. The lowest BCUT2D eigenvalue weighted by Crippen LogP contribution is -2.27. The molecule has 8 heteroatoms. The fraction of sp³-hybridized carbons (Fsp3) is 0.300. The van der Waals surface area contributed by atoms with Gasteiger partial charge in [0.2, 0.25) is 11.1 Å². The molecule has 1 heterocycles. The van der Waals surface area contributed by atoms with Crippen LogP contribution in [-0.2, 0) is 11.3 Å². The molecule has 0 radical (unpaired) electrons. The van der Waals surface area contributed by atoms with Crippen molar-refractivity contribution < 1.29 is 9.53 Å². The van der Waals surface area contributed by atoms with Crippen LogP contribution in [-0.4, -0.2) is 50.9 Å². The van der Waals surface area contributed by atoms with E-state index in [2.05, 4.69) is 22.4 Å². The molecule has 0 aliphatic rings. The Kier molecular flexibility index (Phi) is 6.30. The van der Waals surface area contributed by atoms with Gasteiger partial charge in [0.15, 0.2) is 0 Å². The van der Waals surface area contributed by atoms with Crippen LogP contribution in [0.3, 0.4) is 0 Å². The van der Waals surface area contributed by atoms with Crippen molar-refractivity contribution in [3.8, 4) is 11.4 Å². The number of hydrogen-bond donors (Lipinski definition) is 0. The number of carbonyl (C=O) groups is 1. The highest BCUT2D eigenvalue weighted by molar-refractivity contribution is 7.99. The molecule has 2 aromatic carbocycles. The van der Waals surface area contributed by atoms with Crippen LogP contribution < -0.4 is 4.74 Å². The molecule has 0 saturated carbocycles. The van der Waals surface area contributed by atoms with Gasteiger partial charge >= 0.3 is 0 Å². The van der Waals surface area contributed by atoms with Crippen LogP contribution >= 0.6 is 11.8 Å². The number of ether oxygens (including phenoxy) is 1. The van der Waals surface area contributed by atoms with Crippen LogP contribution in [0, 0.1) is 13.8 Å². The third-order valence-electron chi connectivity index (χ3n) is 4.48. The van der Waals surface area contributed by atoms with Crippen LogP contribution in [0.2, 0.25) is 0 Å². The predicted molar refractivity (Wildman–Crippen MR) is 109 cm³/mol. The van der Waals surface area contributed by atoms with Crippen molar-refractivity contribution >= 4 is 17.7 Å². The van der Waals surface area contributed by atoms with Gasteiger partial charge in [0, 0.05) is 13.6 Å². The second kappa shape index (κ2) is 8.88. The molecule has 1 amide bonds. The minimum Gasteiger partial charge on any atom is -0.497 e. The molecule has 0 aliphatic carbocycles. The first-order valence-electron chi connectivity index (χ1n) is 8.83. The molecule has 0 unspecified atom stereocenters. The fourth-order valence-corrected chi connectivity index (χ4v) is 3.49. The lowest BCUT2D eigenvalue weighted by Gasteiger charge is -2.17. The highest BCUT2D eigenvalue weighted by Crippen LogP contribution is 2.21. The molecule has 28 heavy (non-hydrogen) atoms. The first kappa shape index (κ1) is 19.9. The van der Waals surface area contributed by atoms with E-state index in [0.29, 0.717) is 11.7 Å². The SMILES string of the molecule is COc1cccc(CN(C)C(=O)CSc2nnnn2-c2ccc(C)c(C)c2)c1. The van der Waals surface area contributed by atoms with Gasteiger partial charge in [-0.05, 0) is 65.2 Å². The van der Waals surface area contributed by atoms with Crippen LogP contribution in [0.25, 0.3) is 5.69 Å². The minimum atomic E-state index is 0.00227. The molecular formula is C20H23N5O2S. The predicted octanol–water partition coefficient (Wildman–Crippen LogP) is 3.04. The normalized spacial score (nSPS) is 10.7. The molecule has 7 nitrogen and oxygen atoms in total. The van der Waals surface area contributed by atoms with E-state index < -0.39 is 0 Å². The molecule has 0 N–H and O–H groups in total. The first-order valence-corrected chi connectivity index (χ1v) is 9.82. The topological polar surface area (TPSA) is 73.1 Å². The van der Waals surface area contributed by atoms with E-state index in [-0.39, 0.29) is 11.7 Å². The fourth-order valence-electron chi connectivity index (χ4n) is 2.66. The highest BCUT2D eigenvalue weighted by atomic mass is 32.2. The van der Waals surface area contributed by atoms with Gasteiger partial charge in [0.1, 0.15) is 5.75 Å². The van der Waals surface area contributed by atoms with E-state index in [4.69, 9.17) is 4.74 Å². The Balaban J connectivity index is 1.63. The van der Waals surface area contributed by atoms with Crippen molar-refractivity contribution in [2.75, 3.05) is 19.9 Å². The molecule has 0 spiro atoms. The number of aromatic nitrogens is 4. The number of hydrogen-bond acceptors (Lipinski definition) is 6. The van der Waals surface area contributed by atoms with Gasteiger partial charge < -0.3 is 9.64 Å². The summed E-state index contributed by atoms with van der Waals surface area (Å²) in [5, 5.41) is 12.5. The number of methoxy groups -OCH3 is 1. The number of rotatable bonds is 7. The summed E-state index contributed by atoms with van der Waals surface area (Å²) in [5.74, 6) is 1.04. The number of aryl methyl sites for hydroxylation is 2. The van der Waals surface area contributed by atoms with Crippen molar-refractivity contribution in [3.05, 3.63) is 59.2 Å². The van der Waals surface area contributed by atoms with Crippen molar-refractivity contribution in [3.63, 3.8) is 0 Å². The quantitative estimate of drug-likeness (QED) is 0.571. The Morgan fingerprint density at radius 1 is 1.18 bits per heavy atom. The molecule has 0 atom stereocenters. The summed E-state index contributed by atoms with van der Waals surface area (Å²) < 4.78 is 6.89. The number of thioether (sulfide) groups is 1. The summed E-state index contributed by atoms with van der Waals surface area (Å²) >= 11 is 1.32. The zero-order valence-electron chi connectivity index (χ0n) is 16.4. The third kappa shape index (κ3) is 4.69. The van der Waals surface area contributed by atoms with Gasteiger partial charge in [-0.2, -0.15) is 4.68 Å². The number of nitrogens with zero attached hydrogens (tertiary/aromatic N) is 5. The summed E-state index contributed by atoms with van der Waals surface area (Å²) in [4.78, 5) is 14.2. The molecule has 3 aromatic rings. The van der Waals surface area contributed by atoms with Crippen molar-refractivity contribution in [2.45, 2.75) is 25.5 Å². The summed E-state index contributed by atoms with van der Waals surface area (Å²) in [6.07, 6.45) is 0. The van der Waals surface area contributed by atoms with Crippen molar-refractivity contribution in [2.24, 2.45) is 0 Å². The van der Waals surface area contributed by atoms with Crippen LogP contribution in [0.15, 0.2) is 47.6 Å². The summed E-state index contributed by atoms with van der Waals surface area (Å²) in [5.41, 5.74) is 4.27. The van der Waals surface area contributed by atoms with Gasteiger partial charge in [-0.25, -0.2) is 0 Å². The first-order chi connectivity index (χ1) is 13.5. The monoisotopic (exact) mass is 397 g/mol. The maximum Gasteiger partial charge on any atom is 0.233 e. The zero-order chi connectivity index (χ0) is 20.1. The Labute approximate surface area is 168 Å². The average Bonchev–Trinajstić information content (AvgIpc) is 3.17. The van der Waals surface area contributed by atoms with Crippen LogP contribution in [0.4, 0.5) is 0 Å². The van der Waals surface area contributed by atoms with Gasteiger partial charge in [-0.1, -0.05) is 30.0 Å². The number of carbonyl (C=O) groups excluding carboxylic acids is 1. The molecule has 3 rings (SSSR count). The number of tetrazole rings is 1. The maximum absolute atomic E-state index is 12.5. The summed E-state index contributed by atoms with van der Waals surface area (Å²) in [6, 6.07) is 13.7. The molecule has 0 fully saturated rings. The van der Waals surface area contributed by atoms with Crippen molar-refractivity contribution in [1.82, 2.24) is 25.1 Å². The minimum absolute atomic E-state index is 0.00227. The lowest BCUT2D eigenvalue weighted by atomic mass is 10.1. The van der Waals surface area contributed by atoms with Gasteiger partial charge in [0.25, 0.3) is 0 Å². The Hall–Kier alpha value is -2.87. The molecule has 0 aliphatic heterocycles. The standard InChI is InChI=1S/C20H23N5O2S/c1-14-8-9-17(10-15(14)2)25-20(21-22-23-25)28-13-19(26)24(3)12-16-6-5-7-18(11-16)27-4/h5-11H,12-13H2,1-4H3. The van der Waals surface area contributed by atoms with E-state index in [1.807, 2.05) is 49.4 Å². The van der Waals surface area contributed by atoms with E-state index in [1.54, 1.807) is 23.7 Å². The average molecular weight is 398 g/mol. The largest absolute Gasteiger partial charge is 0.497 e. The molecule has 0 saturated heterocycles. The smallest absolute Gasteiger partial charge is 0.233 e. The van der Waals surface area contributed by atoms with E-state index in [0.717, 1.165) is 22.6 Å². The Morgan fingerprint density at radius 3 is 2.75 bits per heavy atom. The molecular weight excluding hydrogens is 374 g/mol. The molecule has 1 aromatic heterocycles. The van der Waals surface area contributed by atoms with Gasteiger partial charge in [0.05, 0.1) is 18.6 Å². The molecule has 0 bridgehead atoms. The second-order valence-electron chi connectivity index (χ2n) is 6.53. The van der Waals surface area contributed by atoms with Crippen molar-refractivity contribution in [1.29, 1.82) is 0 Å². The maximum atomic E-state index is 12.5. The second-order valence-corrected chi connectivity index (χ2v) is 7.47. The number of benzene rings is 2. The zero-order valence-corrected chi connectivity index (χ0v) is 17.2. The van der Waals surface area contributed by atoms with E-state index in [9.17, 15) is 4.79 Å². The highest BCUT2D eigenvalue weighted by Gasteiger charge is 2.15. The summed E-state index contributed by atoms with van der Waals surface area (Å²) in [6.45, 7) is 4.62. The van der Waals surface area contributed by atoms with Gasteiger partial charge in [-0.15, -0.1) is 5.10 Å². The third-order valence-corrected chi connectivity index (χ3v) is 5.38. The summed E-state index contributed by atoms with van der Waals surface area (Å²) in [7, 11) is 3.42. The Bertz CT molecular complexity index is 973. The van der Waals surface area contributed by atoms with E-state index >= 15 is 0 Å². The Morgan fingerprint density at radius 2 is 2.00 bits per heavy atom. The van der Waals surface area contributed by atoms with Gasteiger partial charge in [-0.3, -0.25) is 4.79 Å². The van der Waals surface area contributed by atoms with E-state index in [1.165, 1.54) is 17.3 Å².